The summed E-state index contributed by atoms with van der Waals surface area (Å²) < 4.78 is 34.3. The summed E-state index contributed by atoms with van der Waals surface area (Å²) in [5, 5.41) is 0. The maximum atomic E-state index is 13.1. The van der Waals surface area contributed by atoms with Crippen LogP contribution in [0.25, 0.3) is 0 Å². The van der Waals surface area contributed by atoms with Gasteiger partial charge in [0.25, 0.3) is 11.5 Å². The second-order valence-electron chi connectivity index (χ2n) is 7.94. The van der Waals surface area contributed by atoms with E-state index in [-0.39, 0.29) is 48.1 Å². The van der Waals surface area contributed by atoms with E-state index < -0.39 is 10.0 Å². The number of aromatic nitrogens is 1. The standard InChI is InChI=1S/C25H27N3O5S/c1-2-33-21-10-12-22(13-11-21)34(31,32)28-17-15-26(16-18-28)24(29)23-9-6-14-27(25(23)30)19-20-7-4-3-5-8-20/h3-14H,2,15-19H2,1H3. The number of carbonyl (C=O) groups is 1. The van der Waals surface area contributed by atoms with Crippen LogP contribution in [0.2, 0.25) is 0 Å². The second kappa shape index (κ2) is 10.2. The van der Waals surface area contributed by atoms with E-state index in [4.69, 9.17) is 4.74 Å². The van der Waals surface area contributed by atoms with E-state index in [0.29, 0.717) is 18.9 Å². The zero-order chi connectivity index (χ0) is 24.1. The van der Waals surface area contributed by atoms with Crippen molar-refractivity contribution in [3.8, 4) is 5.75 Å². The van der Waals surface area contributed by atoms with Gasteiger partial charge in [0, 0.05) is 32.4 Å². The Kier molecular flexibility index (Phi) is 7.14. The number of pyridine rings is 1. The fraction of sp³-hybridized carbons (Fsp3) is 0.280. The number of carbonyl (C=O) groups excluding carboxylic acids is 1. The molecule has 1 aromatic heterocycles. The molecule has 1 fully saturated rings. The van der Waals surface area contributed by atoms with Gasteiger partial charge in [0.2, 0.25) is 10.0 Å². The van der Waals surface area contributed by atoms with Crippen molar-refractivity contribution in [1.82, 2.24) is 13.8 Å². The van der Waals surface area contributed by atoms with Gasteiger partial charge in [-0.2, -0.15) is 4.31 Å². The number of benzene rings is 2. The van der Waals surface area contributed by atoms with Gasteiger partial charge < -0.3 is 14.2 Å². The van der Waals surface area contributed by atoms with E-state index >= 15 is 0 Å². The van der Waals surface area contributed by atoms with E-state index in [1.165, 1.54) is 32.0 Å². The van der Waals surface area contributed by atoms with Crippen molar-refractivity contribution < 1.29 is 17.9 Å². The molecule has 34 heavy (non-hydrogen) atoms. The molecule has 1 saturated heterocycles. The predicted octanol–water partition coefficient (Wildman–Crippen LogP) is 2.44. The highest BCUT2D eigenvalue weighted by Crippen LogP contribution is 2.21. The average Bonchev–Trinajstić information content (AvgIpc) is 2.86. The number of ether oxygens (including phenoxy) is 1. The molecule has 0 atom stereocenters. The molecule has 8 nitrogen and oxygen atoms in total. The molecule has 1 amide bonds. The zero-order valence-corrected chi connectivity index (χ0v) is 19.8. The van der Waals surface area contributed by atoms with Gasteiger partial charge in [-0.3, -0.25) is 9.59 Å². The average molecular weight is 482 g/mol. The molecule has 4 rings (SSSR count). The lowest BCUT2D eigenvalue weighted by Crippen LogP contribution is -2.51. The van der Waals surface area contributed by atoms with Gasteiger partial charge in [0.15, 0.2) is 0 Å². The minimum atomic E-state index is -3.68. The van der Waals surface area contributed by atoms with E-state index in [9.17, 15) is 18.0 Å². The number of sulfonamides is 1. The summed E-state index contributed by atoms with van der Waals surface area (Å²) in [6.45, 7) is 3.47. The van der Waals surface area contributed by atoms with E-state index in [1.54, 1.807) is 24.4 Å². The second-order valence-corrected chi connectivity index (χ2v) is 9.88. The number of hydrogen-bond donors (Lipinski definition) is 0. The third-order valence-electron chi connectivity index (χ3n) is 5.74. The van der Waals surface area contributed by atoms with E-state index in [2.05, 4.69) is 0 Å². The summed E-state index contributed by atoms with van der Waals surface area (Å²) in [5.41, 5.74) is 0.685. The Bertz CT molecular complexity index is 1300. The Morgan fingerprint density at radius 3 is 2.24 bits per heavy atom. The third-order valence-corrected chi connectivity index (χ3v) is 7.66. The predicted molar refractivity (Wildman–Crippen MR) is 129 cm³/mol. The fourth-order valence-electron chi connectivity index (χ4n) is 3.93. The van der Waals surface area contributed by atoms with Crippen molar-refractivity contribution in [3.05, 3.63) is 94.4 Å². The molecule has 0 unspecified atom stereocenters. The summed E-state index contributed by atoms with van der Waals surface area (Å²) in [5.74, 6) is 0.225. The molecule has 0 radical (unpaired) electrons. The monoisotopic (exact) mass is 481 g/mol. The first-order valence-corrected chi connectivity index (χ1v) is 12.6. The molecule has 2 heterocycles. The first-order chi connectivity index (χ1) is 16.4. The summed E-state index contributed by atoms with van der Waals surface area (Å²) >= 11 is 0. The van der Waals surface area contributed by atoms with E-state index in [1.807, 2.05) is 37.3 Å². The summed E-state index contributed by atoms with van der Waals surface area (Å²) in [6, 6.07) is 19.1. The molecule has 178 valence electrons. The van der Waals surface area contributed by atoms with Crippen LogP contribution in [-0.4, -0.2) is 60.9 Å². The normalized spacial score (nSPS) is 14.7. The van der Waals surface area contributed by atoms with Crippen molar-refractivity contribution in [2.45, 2.75) is 18.4 Å². The smallest absolute Gasteiger partial charge is 0.263 e. The summed E-state index contributed by atoms with van der Waals surface area (Å²) in [6.07, 6.45) is 1.66. The maximum Gasteiger partial charge on any atom is 0.263 e. The molecular formula is C25H27N3O5S. The third kappa shape index (κ3) is 5.05. The number of rotatable bonds is 7. The van der Waals surface area contributed by atoms with Gasteiger partial charge in [-0.25, -0.2) is 8.42 Å². The first kappa shape index (κ1) is 23.7. The number of nitrogens with zero attached hydrogens (tertiary/aromatic N) is 3. The molecule has 3 aromatic rings. The summed E-state index contributed by atoms with van der Waals surface area (Å²) in [7, 11) is -3.68. The van der Waals surface area contributed by atoms with Crippen LogP contribution in [0.3, 0.4) is 0 Å². The Morgan fingerprint density at radius 2 is 1.59 bits per heavy atom. The molecule has 0 N–H and O–H groups in total. The molecule has 2 aromatic carbocycles. The van der Waals surface area contributed by atoms with Crippen LogP contribution in [0.4, 0.5) is 0 Å². The van der Waals surface area contributed by atoms with Gasteiger partial charge in [-0.1, -0.05) is 30.3 Å². The highest BCUT2D eigenvalue weighted by atomic mass is 32.2. The maximum absolute atomic E-state index is 13.1. The fourth-order valence-corrected chi connectivity index (χ4v) is 5.35. The van der Waals surface area contributed by atoms with Gasteiger partial charge in [0.05, 0.1) is 18.0 Å². The first-order valence-electron chi connectivity index (χ1n) is 11.2. The van der Waals surface area contributed by atoms with Crippen molar-refractivity contribution in [1.29, 1.82) is 0 Å². The highest BCUT2D eigenvalue weighted by molar-refractivity contribution is 7.89. The SMILES string of the molecule is CCOc1ccc(S(=O)(=O)N2CCN(C(=O)c3cccn(Cc4ccccc4)c3=O)CC2)cc1. The van der Waals surface area contributed by atoms with Crippen molar-refractivity contribution >= 4 is 15.9 Å². The van der Waals surface area contributed by atoms with Gasteiger partial charge in [0.1, 0.15) is 11.3 Å². The molecular weight excluding hydrogens is 454 g/mol. The number of piperazine rings is 1. The molecule has 0 bridgehead atoms. The van der Waals surface area contributed by atoms with Crippen LogP contribution in [0.1, 0.15) is 22.8 Å². The summed E-state index contributed by atoms with van der Waals surface area (Å²) in [4.78, 5) is 27.7. The van der Waals surface area contributed by atoms with Crippen LogP contribution in [-0.2, 0) is 16.6 Å². The lowest BCUT2D eigenvalue weighted by Gasteiger charge is -2.34. The molecule has 1 aliphatic rings. The zero-order valence-electron chi connectivity index (χ0n) is 19.0. The molecule has 0 aliphatic carbocycles. The molecule has 0 spiro atoms. The quantitative estimate of drug-likeness (QED) is 0.517. The van der Waals surface area contributed by atoms with Crippen LogP contribution >= 0.6 is 0 Å². The highest BCUT2D eigenvalue weighted by Gasteiger charge is 2.31. The van der Waals surface area contributed by atoms with Gasteiger partial charge >= 0.3 is 0 Å². The molecule has 9 heteroatoms. The van der Waals surface area contributed by atoms with Crippen molar-refractivity contribution in [2.75, 3.05) is 32.8 Å². The van der Waals surface area contributed by atoms with Crippen LogP contribution in [0, 0.1) is 0 Å². The number of amides is 1. The van der Waals surface area contributed by atoms with Gasteiger partial charge in [-0.05, 0) is 48.9 Å². The Balaban J connectivity index is 1.43. The Hall–Kier alpha value is -3.43. The van der Waals surface area contributed by atoms with Crippen molar-refractivity contribution in [3.63, 3.8) is 0 Å². The minimum absolute atomic E-state index is 0.0845. The molecule has 1 aliphatic heterocycles. The van der Waals surface area contributed by atoms with Gasteiger partial charge in [-0.15, -0.1) is 0 Å². The lowest BCUT2D eigenvalue weighted by molar-refractivity contribution is 0.0695. The van der Waals surface area contributed by atoms with Crippen LogP contribution in [0.5, 0.6) is 5.75 Å². The van der Waals surface area contributed by atoms with Crippen molar-refractivity contribution in [2.24, 2.45) is 0 Å². The molecule has 0 saturated carbocycles. The Labute approximate surface area is 199 Å². The van der Waals surface area contributed by atoms with Crippen LogP contribution in [0.15, 0.2) is 82.6 Å². The number of hydrogen-bond acceptors (Lipinski definition) is 5. The minimum Gasteiger partial charge on any atom is -0.494 e. The Morgan fingerprint density at radius 1 is 0.912 bits per heavy atom. The lowest BCUT2D eigenvalue weighted by atomic mass is 10.2. The topological polar surface area (TPSA) is 88.9 Å². The van der Waals surface area contributed by atoms with Crippen LogP contribution < -0.4 is 10.3 Å². The largest absolute Gasteiger partial charge is 0.494 e. The van der Waals surface area contributed by atoms with E-state index in [0.717, 1.165) is 5.56 Å².